The molecule has 6 heteroatoms. The Morgan fingerprint density at radius 1 is 0.939 bits per heavy atom. The maximum absolute atomic E-state index is 13.2. The molecule has 2 amide bonds. The summed E-state index contributed by atoms with van der Waals surface area (Å²) < 4.78 is 19.1. The van der Waals surface area contributed by atoms with Gasteiger partial charge in [0.05, 0.1) is 18.6 Å². The molecule has 1 fully saturated rings. The van der Waals surface area contributed by atoms with Crippen LogP contribution < -0.4 is 10.6 Å². The molecule has 4 rings (SSSR count). The van der Waals surface area contributed by atoms with Crippen molar-refractivity contribution in [3.05, 3.63) is 107 Å². The Balaban J connectivity index is 1.40. The first-order valence-electron chi connectivity index (χ1n) is 11.2. The van der Waals surface area contributed by atoms with E-state index in [0.717, 1.165) is 11.1 Å². The van der Waals surface area contributed by atoms with E-state index in [1.807, 2.05) is 48.5 Å². The summed E-state index contributed by atoms with van der Waals surface area (Å²) in [7, 11) is 0. The van der Waals surface area contributed by atoms with Gasteiger partial charge in [0.25, 0.3) is 5.91 Å². The number of nitrogens with one attached hydrogen (secondary N) is 2. The second-order valence-electron chi connectivity index (χ2n) is 8.21. The number of halogens is 1. The molecule has 1 heterocycles. The molecule has 170 valence electrons. The van der Waals surface area contributed by atoms with Crippen molar-refractivity contribution in [2.45, 2.75) is 37.5 Å². The van der Waals surface area contributed by atoms with Crippen molar-refractivity contribution in [1.82, 2.24) is 10.6 Å². The van der Waals surface area contributed by atoms with E-state index in [9.17, 15) is 14.0 Å². The maximum atomic E-state index is 13.2. The van der Waals surface area contributed by atoms with Gasteiger partial charge in [-0.05, 0) is 48.2 Å². The van der Waals surface area contributed by atoms with Gasteiger partial charge in [0, 0.05) is 18.2 Å². The molecule has 3 aromatic carbocycles. The zero-order valence-electron chi connectivity index (χ0n) is 18.2. The third-order valence-electron chi connectivity index (χ3n) is 5.82. The van der Waals surface area contributed by atoms with Crippen LogP contribution in [-0.4, -0.2) is 24.5 Å². The van der Waals surface area contributed by atoms with Gasteiger partial charge < -0.3 is 15.4 Å². The van der Waals surface area contributed by atoms with Crippen LogP contribution in [-0.2, 0) is 9.53 Å². The Morgan fingerprint density at radius 3 is 2.30 bits per heavy atom. The van der Waals surface area contributed by atoms with Crippen molar-refractivity contribution in [2.75, 3.05) is 6.61 Å². The standard InChI is InChI=1S/C27H27FN2O3/c28-22-13-11-20(12-14-22)25-17-23(15-16-33-25)29-26(31)18-24(19-7-3-1-4-8-19)30-27(32)21-9-5-2-6-10-21/h1-14,23-25H,15-18H2,(H,29,31)(H,30,32)/t23-,24+,25-/m1/s1. The summed E-state index contributed by atoms with van der Waals surface area (Å²) in [6.45, 7) is 0.514. The number of amides is 2. The van der Waals surface area contributed by atoms with Crippen molar-refractivity contribution in [3.63, 3.8) is 0 Å². The zero-order chi connectivity index (χ0) is 23.0. The summed E-state index contributed by atoms with van der Waals surface area (Å²) in [6, 6.07) is 24.2. The fourth-order valence-corrected chi connectivity index (χ4v) is 4.08. The topological polar surface area (TPSA) is 67.4 Å². The van der Waals surface area contributed by atoms with Crippen LogP contribution >= 0.6 is 0 Å². The van der Waals surface area contributed by atoms with Crippen molar-refractivity contribution in [3.8, 4) is 0 Å². The second kappa shape index (κ2) is 10.9. The lowest BCUT2D eigenvalue weighted by molar-refractivity contribution is -0.123. The molecule has 33 heavy (non-hydrogen) atoms. The van der Waals surface area contributed by atoms with E-state index in [2.05, 4.69) is 10.6 Å². The van der Waals surface area contributed by atoms with E-state index in [-0.39, 0.29) is 36.2 Å². The summed E-state index contributed by atoms with van der Waals surface area (Å²) in [4.78, 5) is 25.7. The molecule has 0 aromatic heterocycles. The number of rotatable bonds is 7. The van der Waals surface area contributed by atoms with E-state index in [1.165, 1.54) is 12.1 Å². The number of hydrogen-bond donors (Lipinski definition) is 2. The molecule has 2 N–H and O–H groups in total. The van der Waals surface area contributed by atoms with Gasteiger partial charge in [0.2, 0.25) is 5.91 Å². The number of carbonyl (C=O) groups excluding carboxylic acids is 2. The smallest absolute Gasteiger partial charge is 0.251 e. The van der Waals surface area contributed by atoms with Crippen molar-refractivity contribution in [2.24, 2.45) is 0 Å². The van der Waals surface area contributed by atoms with Gasteiger partial charge in [0.15, 0.2) is 0 Å². The Labute approximate surface area is 193 Å². The number of ether oxygens (including phenoxy) is 1. The first-order chi connectivity index (χ1) is 16.1. The maximum Gasteiger partial charge on any atom is 0.251 e. The highest BCUT2D eigenvalue weighted by atomic mass is 19.1. The number of benzene rings is 3. The van der Waals surface area contributed by atoms with Gasteiger partial charge >= 0.3 is 0 Å². The molecule has 0 saturated carbocycles. The van der Waals surface area contributed by atoms with Crippen LogP contribution in [0.3, 0.4) is 0 Å². The minimum absolute atomic E-state index is 0.0532. The third-order valence-corrected chi connectivity index (χ3v) is 5.82. The Hall–Kier alpha value is -3.51. The van der Waals surface area contributed by atoms with Gasteiger partial charge in [-0.15, -0.1) is 0 Å². The van der Waals surface area contributed by atoms with Crippen LogP contribution in [0.25, 0.3) is 0 Å². The highest BCUT2D eigenvalue weighted by Gasteiger charge is 2.26. The Bertz CT molecular complexity index is 1060. The summed E-state index contributed by atoms with van der Waals surface area (Å²) in [5.74, 6) is -0.648. The highest BCUT2D eigenvalue weighted by Crippen LogP contribution is 2.28. The zero-order valence-corrected chi connectivity index (χ0v) is 18.2. The van der Waals surface area contributed by atoms with Crippen LogP contribution in [0.1, 0.15) is 52.9 Å². The molecular formula is C27H27FN2O3. The first kappa shape index (κ1) is 22.7. The van der Waals surface area contributed by atoms with Gasteiger partial charge in [-0.1, -0.05) is 60.7 Å². The van der Waals surface area contributed by atoms with Crippen LogP contribution in [0.5, 0.6) is 0 Å². The molecule has 0 radical (unpaired) electrons. The fraction of sp³-hybridized carbons (Fsp3) is 0.259. The molecule has 1 aliphatic heterocycles. The molecule has 0 unspecified atom stereocenters. The molecule has 0 aliphatic carbocycles. The van der Waals surface area contributed by atoms with Crippen LogP contribution in [0.4, 0.5) is 4.39 Å². The normalized spacial score (nSPS) is 18.8. The van der Waals surface area contributed by atoms with E-state index >= 15 is 0 Å². The van der Waals surface area contributed by atoms with Crippen molar-refractivity contribution in [1.29, 1.82) is 0 Å². The monoisotopic (exact) mass is 446 g/mol. The lowest BCUT2D eigenvalue weighted by atomic mass is 9.96. The van der Waals surface area contributed by atoms with Gasteiger partial charge in [-0.3, -0.25) is 9.59 Å². The molecule has 1 aliphatic rings. The Kier molecular flexibility index (Phi) is 7.47. The van der Waals surface area contributed by atoms with E-state index in [1.54, 1.807) is 24.3 Å². The quantitative estimate of drug-likeness (QED) is 0.552. The lowest BCUT2D eigenvalue weighted by Crippen LogP contribution is -2.41. The van der Waals surface area contributed by atoms with Gasteiger partial charge in [-0.25, -0.2) is 4.39 Å². The molecule has 0 bridgehead atoms. The average Bonchev–Trinajstić information content (AvgIpc) is 2.85. The molecule has 3 aromatic rings. The minimum atomic E-state index is -0.452. The average molecular weight is 447 g/mol. The minimum Gasteiger partial charge on any atom is -0.373 e. The van der Waals surface area contributed by atoms with E-state index in [4.69, 9.17) is 4.74 Å². The largest absolute Gasteiger partial charge is 0.373 e. The van der Waals surface area contributed by atoms with Gasteiger partial charge in [-0.2, -0.15) is 0 Å². The second-order valence-corrected chi connectivity index (χ2v) is 8.21. The predicted molar refractivity (Wildman–Crippen MR) is 124 cm³/mol. The van der Waals surface area contributed by atoms with Crippen LogP contribution in [0.15, 0.2) is 84.9 Å². The summed E-state index contributed by atoms with van der Waals surface area (Å²) in [5, 5.41) is 6.10. The molecule has 0 spiro atoms. The van der Waals surface area contributed by atoms with Crippen LogP contribution in [0.2, 0.25) is 0 Å². The van der Waals surface area contributed by atoms with Gasteiger partial charge in [0.1, 0.15) is 5.82 Å². The SMILES string of the molecule is O=C(C[C@H](NC(=O)c1ccccc1)c1ccccc1)N[C@@H]1CCO[C@@H](c2ccc(F)cc2)C1. The summed E-state index contributed by atoms with van der Waals surface area (Å²) in [6.07, 6.45) is 1.26. The number of carbonyl (C=O) groups is 2. The van der Waals surface area contributed by atoms with E-state index in [0.29, 0.717) is 25.0 Å². The lowest BCUT2D eigenvalue weighted by Gasteiger charge is -2.31. The predicted octanol–water partition coefficient (Wildman–Crippen LogP) is 4.72. The highest BCUT2D eigenvalue weighted by molar-refractivity contribution is 5.94. The van der Waals surface area contributed by atoms with E-state index < -0.39 is 6.04 Å². The first-order valence-corrected chi connectivity index (χ1v) is 11.2. The molecule has 1 saturated heterocycles. The molecule has 3 atom stereocenters. The molecular weight excluding hydrogens is 419 g/mol. The third kappa shape index (κ3) is 6.26. The van der Waals surface area contributed by atoms with Crippen molar-refractivity contribution < 1.29 is 18.7 Å². The van der Waals surface area contributed by atoms with Crippen LogP contribution in [0, 0.1) is 5.82 Å². The summed E-state index contributed by atoms with van der Waals surface area (Å²) in [5.41, 5.74) is 2.31. The fourth-order valence-electron chi connectivity index (χ4n) is 4.08. The Morgan fingerprint density at radius 2 is 1.61 bits per heavy atom. The number of hydrogen-bond acceptors (Lipinski definition) is 3. The molecule has 5 nitrogen and oxygen atoms in total. The van der Waals surface area contributed by atoms with Crippen molar-refractivity contribution >= 4 is 11.8 Å². The summed E-state index contributed by atoms with van der Waals surface area (Å²) >= 11 is 0.